The molecule has 4 nitrogen and oxygen atoms in total. The molecule has 0 saturated carbocycles. The number of ether oxygens (including phenoxy) is 2. The Balaban J connectivity index is 1.80. The average molecular weight is 292 g/mol. The molecular formula is C17H28N2O2. The van der Waals surface area contributed by atoms with Gasteiger partial charge in [-0.3, -0.25) is 4.90 Å². The number of hydrogen-bond donors (Lipinski definition) is 1. The van der Waals surface area contributed by atoms with Crippen LogP contribution in [0.1, 0.15) is 26.3 Å². The number of hydrogen-bond acceptors (Lipinski definition) is 4. The van der Waals surface area contributed by atoms with E-state index in [0.717, 1.165) is 45.1 Å². The smallest absolute Gasteiger partial charge is 0.119 e. The lowest BCUT2D eigenvalue weighted by Gasteiger charge is -2.41. The van der Waals surface area contributed by atoms with E-state index in [1.807, 2.05) is 6.07 Å². The van der Waals surface area contributed by atoms with Gasteiger partial charge in [0.1, 0.15) is 12.4 Å². The van der Waals surface area contributed by atoms with Gasteiger partial charge in [-0.15, -0.1) is 0 Å². The Morgan fingerprint density at radius 3 is 3.00 bits per heavy atom. The van der Waals surface area contributed by atoms with Crippen molar-refractivity contribution in [3.05, 3.63) is 29.8 Å². The predicted octanol–water partition coefficient (Wildman–Crippen LogP) is 2.29. The molecule has 0 amide bonds. The van der Waals surface area contributed by atoms with Crippen molar-refractivity contribution in [3.63, 3.8) is 0 Å². The molecule has 1 aliphatic rings. The molecule has 1 heterocycles. The fourth-order valence-electron chi connectivity index (χ4n) is 2.59. The third kappa shape index (κ3) is 4.99. The van der Waals surface area contributed by atoms with Crippen LogP contribution >= 0.6 is 0 Å². The summed E-state index contributed by atoms with van der Waals surface area (Å²) in [6, 6.07) is 8.33. The summed E-state index contributed by atoms with van der Waals surface area (Å²) in [6.07, 6.45) is 0. The maximum Gasteiger partial charge on any atom is 0.119 e. The topological polar surface area (TPSA) is 33.7 Å². The van der Waals surface area contributed by atoms with Crippen molar-refractivity contribution in [2.45, 2.75) is 32.9 Å². The molecule has 0 aromatic heterocycles. The molecule has 1 aliphatic heterocycles. The average Bonchev–Trinajstić information content (AvgIpc) is 2.47. The summed E-state index contributed by atoms with van der Waals surface area (Å²) in [5.74, 6) is 0.955. The first kappa shape index (κ1) is 16.3. The van der Waals surface area contributed by atoms with Crippen molar-refractivity contribution in [2.24, 2.45) is 0 Å². The molecule has 1 fully saturated rings. The van der Waals surface area contributed by atoms with Crippen LogP contribution in [0.2, 0.25) is 0 Å². The van der Waals surface area contributed by atoms with E-state index in [-0.39, 0.29) is 5.54 Å². The number of nitrogens with one attached hydrogen (secondary N) is 1. The highest BCUT2D eigenvalue weighted by molar-refractivity contribution is 5.28. The highest BCUT2D eigenvalue weighted by Gasteiger charge is 2.29. The Hall–Kier alpha value is -1.10. The molecule has 1 N–H and O–H groups in total. The first-order chi connectivity index (χ1) is 10.1. The van der Waals surface area contributed by atoms with Gasteiger partial charge in [-0.05, 0) is 38.1 Å². The molecule has 1 saturated heterocycles. The molecule has 21 heavy (non-hydrogen) atoms. The van der Waals surface area contributed by atoms with Crippen LogP contribution in [0.3, 0.4) is 0 Å². The molecular weight excluding hydrogens is 264 g/mol. The SMILES string of the molecule is CCNCc1cccc(OCCN2CCOCC2(C)C)c1. The van der Waals surface area contributed by atoms with Crippen molar-refractivity contribution in [3.8, 4) is 5.75 Å². The van der Waals surface area contributed by atoms with Crippen LogP contribution in [0.5, 0.6) is 5.75 Å². The van der Waals surface area contributed by atoms with Crippen molar-refractivity contribution < 1.29 is 9.47 Å². The zero-order chi connectivity index (χ0) is 15.1. The first-order valence-corrected chi connectivity index (χ1v) is 7.87. The summed E-state index contributed by atoms with van der Waals surface area (Å²) in [5.41, 5.74) is 1.37. The lowest BCUT2D eigenvalue weighted by Crippen LogP contribution is -2.54. The molecule has 0 spiro atoms. The molecule has 0 bridgehead atoms. The maximum atomic E-state index is 5.91. The van der Waals surface area contributed by atoms with Gasteiger partial charge in [0.15, 0.2) is 0 Å². The Morgan fingerprint density at radius 1 is 1.38 bits per heavy atom. The van der Waals surface area contributed by atoms with Gasteiger partial charge >= 0.3 is 0 Å². The normalized spacial score (nSPS) is 18.6. The van der Waals surface area contributed by atoms with E-state index in [1.165, 1.54) is 5.56 Å². The maximum absolute atomic E-state index is 5.91. The molecule has 0 radical (unpaired) electrons. The quantitative estimate of drug-likeness (QED) is 0.836. The van der Waals surface area contributed by atoms with Crippen LogP contribution in [-0.2, 0) is 11.3 Å². The zero-order valence-corrected chi connectivity index (χ0v) is 13.5. The highest BCUT2D eigenvalue weighted by atomic mass is 16.5. The van der Waals surface area contributed by atoms with Crippen LogP contribution < -0.4 is 10.1 Å². The number of morpholine rings is 1. The molecule has 118 valence electrons. The van der Waals surface area contributed by atoms with Gasteiger partial charge in [-0.1, -0.05) is 19.1 Å². The van der Waals surface area contributed by atoms with Crippen molar-refractivity contribution >= 4 is 0 Å². The monoisotopic (exact) mass is 292 g/mol. The molecule has 4 heteroatoms. The summed E-state index contributed by atoms with van der Waals surface area (Å²) in [6.45, 7) is 12.7. The summed E-state index contributed by atoms with van der Waals surface area (Å²) in [7, 11) is 0. The van der Waals surface area contributed by atoms with Gasteiger partial charge in [0.25, 0.3) is 0 Å². The van der Waals surface area contributed by atoms with Crippen molar-refractivity contribution in [2.75, 3.05) is 39.5 Å². The third-order valence-electron chi connectivity index (χ3n) is 3.92. The minimum atomic E-state index is 0.106. The zero-order valence-electron chi connectivity index (χ0n) is 13.5. The second-order valence-electron chi connectivity index (χ2n) is 6.13. The van der Waals surface area contributed by atoms with E-state index in [1.54, 1.807) is 0 Å². The molecule has 2 rings (SSSR count). The van der Waals surface area contributed by atoms with Gasteiger partial charge in [0.05, 0.1) is 13.2 Å². The van der Waals surface area contributed by atoms with Crippen LogP contribution in [0.4, 0.5) is 0 Å². The van der Waals surface area contributed by atoms with Crippen LogP contribution in [0.15, 0.2) is 24.3 Å². The molecule has 0 aliphatic carbocycles. The Bertz CT molecular complexity index is 435. The van der Waals surface area contributed by atoms with E-state index in [0.29, 0.717) is 6.61 Å². The Kier molecular flexibility index (Phi) is 6.03. The Morgan fingerprint density at radius 2 is 2.24 bits per heavy atom. The van der Waals surface area contributed by atoms with Gasteiger partial charge in [0, 0.05) is 25.2 Å². The second-order valence-corrected chi connectivity index (χ2v) is 6.13. The van der Waals surface area contributed by atoms with E-state index in [9.17, 15) is 0 Å². The number of nitrogens with zero attached hydrogens (tertiary/aromatic N) is 1. The summed E-state index contributed by atoms with van der Waals surface area (Å²) in [5, 5.41) is 3.33. The highest BCUT2D eigenvalue weighted by Crippen LogP contribution is 2.19. The van der Waals surface area contributed by atoms with E-state index < -0.39 is 0 Å². The van der Waals surface area contributed by atoms with Crippen LogP contribution in [0.25, 0.3) is 0 Å². The molecule has 0 atom stereocenters. The third-order valence-corrected chi connectivity index (χ3v) is 3.92. The lowest BCUT2D eigenvalue weighted by molar-refractivity contribution is -0.0547. The minimum Gasteiger partial charge on any atom is -0.492 e. The molecule has 0 unspecified atom stereocenters. The number of rotatable bonds is 7. The lowest BCUT2D eigenvalue weighted by atomic mass is 10.0. The van der Waals surface area contributed by atoms with Gasteiger partial charge < -0.3 is 14.8 Å². The first-order valence-electron chi connectivity index (χ1n) is 7.87. The number of benzene rings is 1. The van der Waals surface area contributed by atoms with E-state index in [4.69, 9.17) is 9.47 Å². The molecule has 1 aromatic carbocycles. The second kappa shape index (κ2) is 7.78. The van der Waals surface area contributed by atoms with Crippen molar-refractivity contribution in [1.82, 2.24) is 10.2 Å². The van der Waals surface area contributed by atoms with E-state index in [2.05, 4.69) is 49.2 Å². The van der Waals surface area contributed by atoms with Crippen LogP contribution in [-0.4, -0.2) is 49.9 Å². The van der Waals surface area contributed by atoms with E-state index >= 15 is 0 Å². The summed E-state index contributed by atoms with van der Waals surface area (Å²) < 4.78 is 11.5. The largest absolute Gasteiger partial charge is 0.492 e. The van der Waals surface area contributed by atoms with Crippen LogP contribution in [0, 0.1) is 0 Å². The van der Waals surface area contributed by atoms with Gasteiger partial charge in [-0.25, -0.2) is 0 Å². The van der Waals surface area contributed by atoms with Crippen molar-refractivity contribution in [1.29, 1.82) is 0 Å². The van der Waals surface area contributed by atoms with Gasteiger partial charge in [0.2, 0.25) is 0 Å². The standard InChI is InChI=1S/C17H28N2O2/c1-4-18-13-15-6-5-7-16(12-15)21-11-9-19-8-10-20-14-17(19,2)3/h5-7,12,18H,4,8-11,13-14H2,1-3H3. The fourth-order valence-corrected chi connectivity index (χ4v) is 2.59. The minimum absolute atomic E-state index is 0.106. The summed E-state index contributed by atoms with van der Waals surface area (Å²) in [4.78, 5) is 2.44. The fraction of sp³-hybridized carbons (Fsp3) is 0.647. The Labute approximate surface area is 128 Å². The predicted molar refractivity (Wildman–Crippen MR) is 85.8 cm³/mol. The molecule has 1 aromatic rings. The van der Waals surface area contributed by atoms with Gasteiger partial charge in [-0.2, -0.15) is 0 Å². The summed E-state index contributed by atoms with van der Waals surface area (Å²) >= 11 is 0.